The predicted octanol–water partition coefficient (Wildman–Crippen LogP) is 2.09. The Morgan fingerprint density at radius 3 is 3.05 bits per heavy atom. The maximum absolute atomic E-state index is 10.8. The van der Waals surface area contributed by atoms with Crippen LogP contribution in [-0.4, -0.2) is 30.9 Å². The van der Waals surface area contributed by atoms with Crippen LogP contribution in [0.3, 0.4) is 0 Å². The maximum Gasteiger partial charge on any atom is 0.346 e. The molecule has 0 saturated carbocycles. The number of nitriles is 1. The average molecular weight is 299 g/mol. The Kier molecular flexibility index (Phi) is 3.04. The lowest BCUT2D eigenvalue weighted by Crippen LogP contribution is -1.96. The molecule has 0 aromatic carbocycles. The van der Waals surface area contributed by atoms with Gasteiger partial charge in [0.2, 0.25) is 0 Å². The Morgan fingerprint density at radius 1 is 1.52 bits per heavy atom. The molecule has 7 nitrogen and oxygen atoms in total. The number of hydrogen-bond acceptors (Lipinski definition) is 5. The predicted molar refractivity (Wildman–Crippen MR) is 76.6 cm³/mol. The third-order valence-electron chi connectivity index (χ3n) is 2.81. The van der Waals surface area contributed by atoms with Crippen LogP contribution < -0.4 is 0 Å². The minimum absolute atomic E-state index is 0.300. The zero-order valence-corrected chi connectivity index (χ0v) is 11.7. The topological polar surface area (TPSA) is 107 Å². The highest BCUT2D eigenvalue weighted by molar-refractivity contribution is 7.16. The quantitative estimate of drug-likeness (QED) is 0.568. The zero-order valence-electron chi connectivity index (χ0n) is 10.9. The molecule has 104 valence electrons. The number of thiophene rings is 1. The Labute approximate surface area is 122 Å². The van der Waals surface area contributed by atoms with Gasteiger partial charge in [0.05, 0.1) is 4.88 Å². The van der Waals surface area contributed by atoms with Gasteiger partial charge < -0.3 is 5.11 Å². The van der Waals surface area contributed by atoms with Crippen molar-refractivity contribution in [1.29, 1.82) is 5.26 Å². The van der Waals surface area contributed by atoms with Crippen LogP contribution in [0.2, 0.25) is 0 Å². The lowest BCUT2D eigenvalue weighted by molar-refractivity contribution is -0.132. The molecule has 0 aliphatic heterocycles. The first-order valence-corrected chi connectivity index (χ1v) is 6.76. The summed E-state index contributed by atoms with van der Waals surface area (Å²) in [4.78, 5) is 12.3. The molecule has 0 radical (unpaired) electrons. The van der Waals surface area contributed by atoms with Crippen LogP contribution in [0.25, 0.3) is 22.4 Å². The lowest BCUT2D eigenvalue weighted by Gasteiger charge is -1.92. The second kappa shape index (κ2) is 4.88. The van der Waals surface area contributed by atoms with Crippen molar-refractivity contribution >= 4 is 29.0 Å². The molecule has 0 aliphatic rings. The number of hydrogen-bond donors (Lipinski definition) is 2. The van der Waals surface area contributed by atoms with Crippen molar-refractivity contribution in [1.82, 2.24) is 19.8 Å². The van der Waals surface area contributed by atoms with Gasteiger partial charge in [-0.3, -0.25) is 5.10 Å². The number of H-pyrrole nitrogens is 1. The molecular formula is C13H9N5O2S. The second-order valence-electron chi connectivity index (χ2n) is 4.33. The van der Waals surface area contributed by atoms with Gasteiger partial charge in [-0.15, -0.1) is 21.5 Å². The fraction of sp³-hybridized carbons (Fsp3) is 0.0769. The van der Waals surface area contributed by atoms with E-state index < -0.39 is 5.97 Å². The van der Waals surface area contributed by atoms with Crippen molar-refractivity contribution in [2.75, 3.05) is 0 Å². The van der Waals surface area contributed by atoms with Crippen molar-refractivity contribution in [3.8, 4) is 16.8 Å². The molecule has 0 fully saturated rings. The number of aromatic nitrogens is 4. The SMILES string of the molecule is Cc1cc2nnc(-c3ccc(/C=C(\C#N)C(=O)O)s3)n2[nH]1. The summed E-state index contributed by atoms with van der Waals surface area (Å²) in [5, 5.41) is 28.9. The molecule has 21 heavy (non-hydrogen) atoms. The number of carboxylic acids is 1. The monoisotopic (exact) mass is 299 g/mol. The Bertz CT molecular complexity index is 909. The smallest absolute Gasteiger partial charge is 0.346 e. The fourth-order valence-corrected chi connectivity index (χ4v) is 2.82. The molecule has 2 N–H and O–H groups in total. The summed E-state index contributed by atoms with van der Waals surface area (Å²) >= 11 is 1.34. The van der Waals surface area contributed by atoms with E-state index in [1.54, 1.807) is 16.7 Å². The van der Waals surface area contributed by atoms with E-state index in [0.717, 1.165) is 16.2 Å². The molecular weight excluding hydrogens is 290 g/mol. The fourth-order valence-electron chi connectivity index (χ4n) is 1.90. The molecule has 0 saturated heterocycles. The van der Waals surface area contributed by atoms with E-state index in [0.29, 0.717) is 10.7 Å². The number of aryl methyl sites for hydroxylation is 1. The van der Waals surface area contributed by atoms with Crippen LogP contribution in [0.5, 0.6) is 0 Å². The minimum atomic E-state index is -1.24. The van der Waals surface area contributed by atoms with Crippen LogP contribution in [0, 0.1) is 18.3 Å². The summed E-state index contributed by atoms with van der Waals surface area (Å²) in [5.41, 5.74) is 1.39. The summed E-state index contributed by atoms with van der Waals surface area (Å²) in [6.45, 7) is 1.92. The summed E-state index contributed by atoms with van der Waals surface area (Å²) in [5.74, 6) is -0.589. The van der Waals surface area contributed by atoms with Crippen LogP contribution in [0.4, 0.5) is 0 Å². The van der Waals surface area contributed by atoms with Crippen molar-refractivity contribution < 1.29 is 9.90 Å². The largest absolute Gasteiger partial charge is 0.477 e. The van der Waals surface area contributed by atoms with Gasteiger partial charge in [0, 0.05) is 16.6 Å². The van der Waals surface area contributed by atoms with Gasteiger partial charge >= 0.3 is 5.97 Å². The Morgan fingerprint density at radius 2 is 2.33 bits per heavy atom. The van der Waals surface area contributed by atoms with Gasteiger partial charge in [-0.1, -0.05) is 0 Å². The van der Waals surface area contributed by atoms with Crippen molar-refractivity contribution in [3.63, 3.8) is 0 Å². The summed E-state index contributed by atoms with van der Waals surface area (Å²) in [6, 6.07) is 7.10. The highest BCUT2D eigenvalue weighted by atomic mass is 32.1. The van der Waals surface area contributed by atoms with Gasteiger partial charge in [-0.2, -0.15) is 5.26 Å². The van der Waals surface area contributed by atoms with Crippen molar-refractivity contribution in [2.45, 2.75) is 6.92 Å². The molecule has 0 bridgehead atoms. The Balaban J connectivity index is 2.02. The second-order valence-corrected chi connectivity index (χ2v) is 5.45. The van der Waals surface area contributed by atoms with E-state index in [1.807, 2.05) is 19.1 Å². The van der Waals surface area contributed by atoms with Gasteiger partial charge in [-0.25, -0.2) is 9.31 Å². The first-order chi connectivity index (χ1) is 10.1. The first kappa shape index (κ1) is 13.1. The van der Waals surface area contributed by atoms with E-state index >= 15 is 0 Å². The number of carboxylic acid groups (broad SMARTS) is 1. The number of aliphatic carboxylic acids is 1. The van der Waals surface area contributed by atoms with Crippen LogP contribution in [0.15, 0.2) is 23.8 Å². The van der Waals surface area contributed by atoms with Crippen molar-refractivity contribution in [2.24, 2.45) is 0 Å². The highest BCUT2D eigenvalue weighted by Crippen LogP contribution is 2.28. The Hall–Kier alpha value is -2.92. The molecule has 3 rings (SSSR count). The molecule has 8 heteroatoms. The normalized spacial score (nSPS) is 11.7. The van der Waals surface area contributed by atoms with Gasteiger partial charge in [0.15, 0.2) is 11.5 Å². The molecule has 0 amide bonds. The summed E-state index contributed by atoms with van der Waals surface area (Å²) in [7, 11) is 0. The molecule has 0 unspecified atom stereocenters. The highest BCUT2D eigenvalue weighted by Gasteiger charge is 2.13. The zero-order chi connectivity index (χ0) is 15.0. The van der Waals surface area contributed by atoms with E-state index in [1.165, 1.54) is 17.4 Å². The third kappa shape index (κ3) is 2.30. The molecule has 3 aromatic heterocycles. The van der Waals surface area contributed by atoms with Crippen LogP contribution in [0.1, 0.15) is 10.6 Å². The maximum atomic E-state index is 10.8. The summed E-state index contributed by atoms with van der Waals surface area (Å²) < 4.78 is 1.76. The first-order valence-electron chi connectivity index (χ1n) is 5.94. The van der Waals surface area contributed by atoms with Gasteiger partial charge in [-0.05, 0) is 25.1 Å². The number of nitrogens with zero attached hydrogens (tertiary/aromatic N) is 4. The standard InChI is InChI=1S/C13H9N5O2S/c1-7-4-11-15-16-12(18(11)17-7)10-3-2-9(21-10)5-8(6-14)13(19)20/h2-5,17H,1H3,(H,19,20)/b8-5+. The molecule has 3 heterocycles. The summed E-state index contributed by atoms with van der Waals surface area (Å²) in [6.07, 6.45) is 1.34. The van der Waals surface area contributed by atoms with E-state index in [2.05, 4.69) is 15.3 Å². The van der Waals surface area contributed by atoms with Gasteiger partial charge in [0.1, 0.15) is 11.6 Å². The number of nitrogens with one attached hydrogen (secondary N) is 1. The number of fused-ring (bicyclic) bond motifs is 1. The van der Waals surface area contributed by atoms with Gasteiger partial charge in [0.25, 0.3) is 0 Å². The van der Waals surface area contributed by atoms with E-state index in [4.69, 9.17) is 10.4 Å². The number of rotatable bonds is 3. The average Bonchev–Trinajstić information content (AvgIpc) is 3.10. The van der Waals surface area contributed by atoms with E-state index in [9.17, 15) is 4.79 Å². The number of aromatic amines is 1. The number of carbonyl (C=O) groups is 1. The molecule has 0 aliphatic carbocycles. The molecule has 0 spiro atoms. The van der Waals surface area contributed by atoms with Crippen molar-refractivity contribution in [3.05, 3.63) is 34.3 Å². The molecule has 0 atom stereocenters. The third-order valence-corrected chi connectivity index (χ3v) is 3.83. The lowest BCUT2D eigenvalue weighted by atomic mass is 10.2. The van der Waals surface area contributed by atoms with Crippen LogP contribution in [-0.2, 0) is 4.79 Å². The minimum Gasteiger partial charge on any atom is -0.477 e. The van der Waals surface area contributed by atoms with E-state index in [-0.39, 0.29) is 5.57 Å². The van der Waals surface area contributed by atoms with Crippen LogP contribution >= 0.6 is 11.3 Å². The molecule has 3 aromatic rings.